The van der Waals surface area contributed by atoms with Crippen LogP contribution in [0, 0.1) is 23.2 Å². The third kappa shape index (κ3) is 2.38. The van der Waals surface area contributed by atoms with Crippen molar-refractivity contribution in [3.05, 3.63) is 0 Å². The number of hydrogen-bond donors (Lipinski definition) is 0. The van der Waals surface area contributed by atoms with Crippen molar-refractivity contribution in [1.29, 1.82) is 0 Å². The lowest BCUT2D eigenvalue weighted by Gasteiger charge is -2.45. The van der Waals surface area contributed by atoms with Gasteiger partial charge in [-0.1, -0.05) is 0 Å². The van der Waals surface area contributed by atoms with Gasteiger partial charge in [0.2, 0.25) is 0 Å². The molecule has 4 nitrogen and oxygen atoms in total. The van der Waals surface area contributed by atoms with Gasteiger partial charge in [-0.25, -0.2) is 0 Å². The van der Waals surface area contributed by atoms with Crippen molar-refractivity contribution in [2.24, 2.45) is 23.2 Å². The van der Waals surface area contributed by atoms with Crippen molar-refractivity contribution in [1.82, 2.24) is 0 Å². The molecule has 4 atom stereocenters. The zero-order valence-electron chi connectivity index (χ0n) is 11.4. The van der Waals surface area contributed by atoms with Crippen molar-refractivity contribution in [2.45, 2.75) is 39.0 Å². The molecule has 2 unspecified atom stereocenters. The summed E-state index contributed by atoms with van der Waals surface area (Å²) in [7, 11) is 2.90. The van der Waals surface area contributed by atoms with Gasteiger partial charge in [0.1, 0.15) is 0 Å². The summed E-state index contributed by atoms with van der Waals surface area (Å²) in [6, 6.07) is 0. The molecule has 0 aromatic heterocycles. The first kappa shape index (κ1) is 13.4. The first-order chi connectivity index (χ1) is 8.48. The van der Waals surface area contributed by atoms with Gasteiger partial charge in [0.15, 0.2) is 0 Å². The Morgan fingerprint density at radius 3 is 2.00 bits per heavy atom. The molecule has 0 spiro atoms. The third-order valence-corrected chi connectivity index (χ3v) is 4.59. The fourth-order valence-electron chi connectivity index (χ4n) is 4.03. The molecule has 0 amide bonds. The number of ether oxygens (including phenoxy) is 2. The van der Waals surface area contributed by atoms with Crippen molar-refractivity contribution < 1.29 is 19.1 Å². The number of esters is 2. The minimum absolute atomic E-state index is 0.0287. The Hall–Kier alpha value is -1.06. The van der Waals surface area contributed by atoms with Gasteiger partial charge in [-0.05, 0) is 50.9 Å². The third-order valence-electron chi connectivity index (χ3n) is 4.59. The van der Waals surface area contributed by atoms with E-state index < -0.39 is 0 Å². The largest absolute Gasteiger partial charge is 0.469 e. The summed E-state index contributed by atoms with van der Waals surface area (Å²) < 4.78 is 9.77. The molecular weight excluding hydrogens is 232 g/mol. The van der Waals surface area contributed by atoms with E-state index in [0.29, 0.717) is 11.8 Å². The molecule has 2 rings (SSSR count). The van der Waals surface area contributed by atoms with E-state index in [2.05, 4.69) is 0 Å². The molecule has 2 aliphatic carbocycles. The van der Waals surface area contributed by atoms with Gasteiger partial charge in [0, 0.05) is 0 Å². The van der Waals surface area contributed by atoms with Crippen LogP contribution in [-0.2, 0) is 19.1 Å². The molecule has 0 heterocycles. The highest BCUT2D eigenvalue weighted by atomic mass is 16.5. The number of carbonyl (C=O) groups excluding carboxylic acids is 2. The monoisotopic (exact) mass is 254 g/mol. The lowest BCUT2D eigenvalue weighted by Crippen LogP contribution is -2.43. The second-order valence-corrected chi connectivity index (χ2v) is 6.12. The van der Waals surface area contributed by atoms with Gasteiger partial charge in [-0.2, -0.15) is 0 Å². The number of carbonyl (C=O) groups is 2. The van der Waals surface area contributed by atoms with Crippen LogP contribution in [0.3, 0.4) is 0 Å². The summed E-state index contributed by atoms with van der Waals surface area (Å²) in [6.45, 7) is 2.00. The number of methoxy groups -OCH3 is 2. The summed E-state index contributed by atoms with van der Waals surface area (Å²) in [5, 5.41) is 0. The Morgan fingerprint density at radius 1 is 1.00 bits per heavy atom. The van der Waals surface area contributed by atoms with E-state index in [1.54, 1.807) is 0 Å². The normalized spacial score (nSPS) is 38.9. The van der Waals surface area contributed by atoms with Crippen molar-refractivity contribution in [3.8, 4) is 0 Å². The van der Waals surface area contributed by atoms with Crippen LogP contribution >= 0.6 is 0 Å². The molecule has 2 bridgehead atoms. The maximum Gasteiger partial charge on any atom is 0.311 e. The number of fused-ring (bicyclic) bond motifs is 2. The smallest absolute Gasteiger partial charge is 0.311 e. The van der Waals surface area contributed by atoms with Crippen molar-refractivity contribution in [2.75, 3.05) is 14.2 Å². The Labute approximate surface area is 108 Å². The second kappa shape index (κ2) is 4.90. The fourth-order valence-corrected chi connectivity index (χ4v) is 4.03. The fraction of sp³-hybridized carbons (Fsp3) is 0.857. The number of rotatable bonds is 2. The lowest BCUT2D eigenvalue weighted by molar-refractivity contribution is -0.159. The summed E-state index contributed by atoms with van der Waals surface area (Å²) in [5.74, 6) is 0.734. The van der Waals surface area contributed by atoms with E-state index in [9.17, 15) is 9.59 Å². The highest BCUT2D eigenvalue weighted by Gasteiger charge is 2.47. The van der Waals surface area contributed by atoms with Crippen LogP contribution in [0.4, 0.5) is 0 Å². The average molecular weight is 254 g/mol. The topological polar surface area (TPSA) is 52.6 Å². The van der Waals surface area contributed by atoms with Crippen LogP contribution < -0.4 is 0 Å². The predicted molar refractivity (Wildman–Crippen MR) is 65.7 cm³/mol. The second-order valence-electron chi connectivity index (χ2n) is 6.12. The van der Waals surface area contributed by atoms with Gasteiger partial charge in [-0.15, -0.1) is 0 Å². The average Bonchev–Trinajstić information content (AvgIpc) is 2.35. The first-order valence-corrected chi connectivity index (χ1v) is 6.64. The van der Waals surface area contributed by atoms with Gasteiger partial charge in [-0.3, -0.25) is 9.59 Å². The van der Waals surface area contributed by atoms with Crippen molar-refractivity contribution in [3.63, 3.8) is 0 Å². The van der Waals surface area contributed by atoms with Crippen LogP contribution in [0.1, 0.15) is 39.0 Å². The van der Waals surface area contributed by atoms with Crippen LogP contribution in [0.5, 0.6) is 0 Å². The molecule has 4 heteroatoms. The quantitative estimate of drug-likeness (QED) is 0.709. The summed E-state index contributed by atoms with van der Waals surface area (Å²) in [6.07, 6.45) is 4.53. The van der Waals surface area contributed by atoms with Crippen LogP contribution in [0.25, 0.3) is 0 Å². The predicted octanol–water partition coefficient (Wildman–Crippen LogP) is 2.17. The van der Waals surface area contributed by atoms with E-state index in [4.69, 9.17) is 9.47 Å². The number of hydrogen-bond acceptors (Lipinski definition) is 4. The molecule has 2 fully saturated rings. The SMILES string of the molecule is COC(=O)C1C[C@@H]2C[C@H](C1)CC(C)(C(=O)OC)C2. The standard InChI is InChI=1S/C14H22O4/c1-14(13(16)18-3)7-9-4-10(8-14)6-11(5-9)12(15)17-2/h9-11H,4-8H2,1-3H3/t9-,10+,11?,14?. The Kier molecular flexibility index (Phi) is 3.64. The molecule has 0 radical (unpaired) electrons. The van der Waals surface area contributed by atoms with Gasteiger partial charge in [0.25, 0.3) is 0 Å². The highest BCUT2D eigenvalue weighted by molar-refractivity contribution is 5.76. The molecule has 102 valence electrons. The molecule has 0 aliphatic heterocycles. The molecule has 0 N–H and O–H groups in total. The summed E-state index contributed by atoms with van der Waals surface area (Å²) in [4.78, 5) is 23.5. The van der Waals surface area contributed by atoms with Gasteiger partial charge in [0.05, 0.1) is 25.6 Å². The molecule has 18 heavy (non-hydrogen) atoms. The minimum Gasteiger partial charge on any atom is -0.469 e. The first-order valence-electron chi connectivity index (χ1n) is 6.64. The molecular formula is C14H22O4. The Balaban J connectivity index is 2.07. The van der Waals surface area contributed by atoms with E-state index in [1.807, 2.05) is 6.92 Å². The lowest BCUT2D eigenvalue weighted by atomic mass is 9.59. The van der Waals surface area contributed by atoms with E-state index in [-0.39, 0.29) is 23.3 Å². The van der Waals surface area contributed by atoms with Gasteiger partial charge >= 0.3 is 11.9 Å². The Morgan fingerprint density at radius 2 is 1.56 bits per heavy atom. The molecule has 0 aromatic carbocycles. The van der Waals surface area contributed by atoms with Gasteiger partial charge < -0.3 is 9.47 Å². The molecule has 2 saturated carbocycles. The van der Waals surface area contributed by atoms with E-state index in [0.717, 1.165) is 32.1 Å². The molecule has 0 aromatic rings. The zero-order chi connectivity index (χ0) is 13.3. The molecule has 0 saturated heterocycles. The van der Waals surface area contributed by atoms with Crippen LogP contribution in [0.2, 0.25) is 0 Å². The van der Waals surface area contributed by atoms with Crippen LogP contribution in [0.15, 0.2) is 0 Å². The highest BCUT2D eigenvalue weighted by Crippen LogP contribution is 2.50. The van der Waals surface area contributed by atoms with Crippen LogP contribution in [-0.4, -0.2) is 26.2 Å². The minimum atomic E-state index is -0.358. The zero-order valence-corrected chi connectivity index (χ0v) is 11.4. The van der Waals surface area contributed by atoms with E-state index in [1.165, 1.54) is 14.2 Å². The maximum absolute atomic E-state index is 11.9. The summed E-state index contributed by atoms with van der Waals surface area (Å²) >= 11 is 0. The molecule has 2 aliphatic rings. The Bertz CT molecular complexity index is 336. The summed E-state index contributed by atoms with van der Waals surface area (Å²) in [5.41, 5.74) is -0.358. The maximum atomic E-state index is 11.9. The van der Waals surface area contributed by atoms with E-state index >= 15 is 0 Å². The van der Waals surface area contributed by atoms with Crippen molar-refractivity contribution >= 4 is 11.9 Å².